The summed E-state index contributed by atoms with van der Waals surface area (Å²) in [7, 11) is 0. The SMILES string of the molecule is CCC1CCCC(Nc2snc(C)c2C#N)C1. The fourth-order valence-corrected chi connectivity index (χ4v) is 3.40. The third kappa shape index (κ3) is 2.78. The van der Waals surface area contributed by atoms with Gasteiger partial charge in [0.1, 0.15) is 16.6 Å². The van der Waals surface area contributed by atoms with Gasteiger partial charge in [-0.15, -0.1) is 0 Å². The minimum absolute atomic E-state index is 0.528. The van der Waals surface area contributed by atoms with Crippen LogP contribution in [-0.2, 0) is 0 Å². The van der Waals surface area contributed by atoms with E-state index in [4.69, 9.17) is 5.26 Å². The molecule has 3 nitrogen and oxygen atoms in total. The van der Waals surface area contributed by atoms with Gasteiger partial charge >= 0.3 is 0 Å². The van der Waals surface area contributed by atoms with Crippen LogP contribution < -0.4 is 5.32 Å². The minimum Gasteiger partial charge on any atom is -0.372 e. The molecule has 0 spiro atoms. The molecule has 4 heteroatoms. The molecule has 1 aliphatic carbocycles. The van der Waals surface area contributed by atoms with Crippen molar-refractivity contribution in [3.63, 3.8) is 0 Å². The van der Waals surface area contributed by atoms with Crippen molar-refractivity contribution < 1.29 is 0 Å². The number of nitriles is 1. The van der Waals surface area contributed by atoms with E-state index < -0.39 is 0 Å². The molecular weight excluding hydrogens is 230 g/mol. The number of hydrogen-bond acceptors (Lipinski definition) is 4. The Balaban J connectivity index is 2.03. The lowest BCUT2D eigenvalue weighted by Crippen LogP contribution is -2.26. The molecule has 0 saturated heterocycles. The maximum absolute atomic E-state index is 9.09. The van der Waals surface area contributed by atoms with Crippen molar-refractivity contribution in [1.82, 2.24) is 4.37 Å². The molecule has 1 aromatic heterocycles. The first-order valence-corrected chi connectivity index (χ1v) is 7.14. The normalized spacial score (nSPS) is 24.3. The van der Waals surface area contributed by atoms with Gasteiger partial charge in [-0.1, -0.05) is 26.2 Å². The van der Waals surface area contributed by atoms with Crippen molar-refractivity contribution in [3.05, 3.63) is 11.3 Å². The summed E-state index contributed by atoms with van der Waals surface area (Å²) >= 11 is 1.42. The molecule has 1 saturated carbocycles. The van der Waals surface area contributed by atoms with Crippen molar-refractivity contribution in [2.24, 2.45) is 5.92 Å². The first-order chi connectivity index (χ1) is 8.24. The number of rotatable bonds is 3. The van der Waals surface area contributed by atoms with E-state index in [9.17, 15) is 0 Å². The van der Waals surface area contributed by atoms with Crippen LogP contribution >= 0.6 is 11.5 Å². The lowest BCUT2D eigenvalue weighted by Gasteiger charge is -2.29. The zero-order valence-electron chi connectivity index (χ0n) is 10.5. The van der Waals surface area contributed by atoms with Gasteiger partial charge in [-0.2, -0.15) is 9.64 Å². The first kappa shape index (κ1) is 12.4. The molecule has 0 amide bonds. The average Bonchev–Trinajstić information content (AvgIpc) is 2.70. The zero-order chi connectivity index (χ0) is 12.3. The predicted octanol–water partition coefficient (Wildman–Crippen LogP) is 3.70. The molecule has 0 radical (unpaired) electrons. The van der Waals surface area contributed by atoms with E-state index in [0.717, 1.165) is 22.2 Å². The van der Waals surface area contributed by atoms with E-state index in [1.807, 2.05) is 6.92 Å². The highest BCUT2D eigenvalue weighted by Gasteiger charge is 2.22. The van der Waals surface area contributed by atoms with Crippen LogP contribution in [0.15, 0.2) is 0 Å². The molecule has 0 bridgehead atoms. The summed E-state index contributed by atoms with van der Waals surface area (Å²) in [6, 6.07) is 2.77. The van der Waals surface area contributed by atoms with Gasteiger partial charge < -0.3 is 5.32 Å². The van der Waals surface area contributed by atoms with E-state index in [-0.39, 0.29) is 0 Å². The summed E-state index contributed by atoms with van der Waals surface area (Å²) in [6.07, 6.45) is 6.39. The molecule has 2 unspecified atom stereocenters. The molecule has 0 aromatic carbocycles. The average molecular weight is 249 g/mol. The Morgan fingerprint density at radius 1 is 1.53 bits per heavy atom. The third-order valence-electron chi connectivity index (χ3n) is 3.67. The predicted molar refractivity (Wildman–Crippen MR) is 71.2 cm³/mol. The van der Waals surface area contributed by atoms with E-state index in [0.29, 0.717) is 6.04 Å². The van der Waals surface area contributed by atoms with Gasteiger partial charge in [0.15, 0.2) is 0 Å². The number of hydrogen-bond donors (Lipinski definition) is 1. The highest BCUT2D eigenvalue weighted by molar-refractivity contribution is 7.10. The molecule has 1 N–H and O–H groups in total. The van der Waals surface area contributed by atoms with Crippen molar-refractivity contribution in [1.29, 1.82) is 5.26 Å². The van der Waals surface area contributed by atoms with Gasteiger partial charge in [0.25, 0.3) is 0 Å². The van der Waals surface area contributed by atoms with Crippen LogP contribution in [0.1, 0.15) is 50.3 Å². The molecule has 92 valence electrons. The topological polar surface area (TPSA) is 48.7 Å². The smallest absolute Gasteiger partial charge is 0.127 e. The molecule has 0 aliphatic heterocycles. The van der Waals surface area contributed by atoms with E-state index in [1.165, 1.54) is 43.6 Å². The Kier molecular flexibility index (Phi) is 4.01. The summed E-state index contributed by atoms with van der Waals surface area (Å²) in [5.41, 5.74) is 1.58. The van der Waals surface area contributed by atoms with Crippen molar-refractivity contribution in [2.75, 3.05) is 5.32 Å². The van der Waals surface area contributed by atoms with Crippen molar-refractivity contribution in [3.8, 4) is 6.07 Å². The Morgan fingerprint density at radius 3 is 3.06 bits per heavy atom. The number of aromatic nitrogens is 1. The van der Waals surface area contributed by atoms with E-state index in [2.05, 4.69) is 22.7 Å². The van der Waals surface area contributed by atoms with Gasteiger partial charge in [-0.3, -0.25) is 0 Å². The van der Waals surface area contributed by atoms with Crippen molar-refractivity contribution >= 4 is 16.5 Å². The second kappa shape index (κ2) is 5.50. The second-order valence-corrected chi connectivity index (χ2v) is 5.64. The van der Waals surface area contributed by atoms with Crippen molar-refractivity contribution in [2.45, 2.75) is 52.0 Å². The molecule has 1 fully saturated rings. The van der Waals surface area contributed by atoms with Gasteiger partial charge in [-0.25, -0.2) is 0 Å². The molecular formula is C13H19N3S. The Morgan fingerprint density at radius 2 is 2.35 bits per heavy atom. The van der Waals surface area contributed by atoms with E-state index >= 15 is 0 Å². The molecule has 17 heavy (non-hydrogen) atoms. The molecule has 2 rings (SSSR count). The number of anilines is 1. The second-order valence-electron chi connectivity index (χ2n) is 4.87. The summed E-state index contributed by atoms with van der Waals surface area (Å²) in [5.74, 6) is 0.848. The highest BCUT2D eigenvalue weighted by atomic mass is 32.1. The number of nitrogens with zero attached hydrogens (tertiary/aromatic N) is 2. The van der Waals surface area contributed by atoms with Crippen LogP contribution in [0, 0.1) is 24.2 Å². The van der Waals surface area contributed by atoms with Gasteiger partial charge in [-0.05, 0) is 37.2 Å². The fourth-order valence-electron chi connectivity index (χ4n) is 2.58. The Labute approximate surface area is 107 Å². The van der Waals surface area contributed by atoms with E-state index in [1.54, 1.807) is 0 Å². The Hall–Kier alpha value is -1.08. The van der Waals surface area contributed by atoms with Crippen LogP contribution in [0.3, 0.4) is 0 Å². The zero-order valence-corrected chi connectivity index (χ0v) is 11.3. The lowest BCUT2D eigenvalue weighted by molar-refractivity contribution is 0.327. The van der Waals surface area contributed by atoms with Crippen LogP contribution in [0.5, 0.6) is 0 Å². The van der Waals surface area contributed by atoms with Gasteiger partial charge in [0.05, 0.1) is 5.69 Å². The minimum atomic E-state index is 0.528. The summed E-state index contributed by atoms with van der Waals surface area (Å²) in [4.78, 5) is 0. The molecule has 1 heterocycles. The molecule has 1 aromatic rings. The molecule has 2 atom stereocenters. The third-order valence-corrected chi connectivity index (χ3v) is 4.54. The molecule has 1 aliphatic rings. The highest BCUT2D eigenvalue weighted by Crippen LogP contribution is 2.31. The first-order valence-electron chi connectivity index (χ1n) is 6.37. The van der Waals surface area contributed by atoms with Gasteiger partial charge in [0, 0.05) is 6.04 Å². The maximum atomic E-state index is 9.09. The quantitative estimate of drug-likeness (QED) is 0.888. The Bertz CT molecular complexity index is 419. The summed E-state index contributed by atoms with van der Waals surface area (Å²) < 4.78 is 4.25. The number of aryl methyl sites for hydroxylation is 1. The van der Waals surface area contributed by atoms with Crippen LogP contribution in [0.4, 0.5) is 5.00 Å². The van der Waals surface area contributed by atoms with Crippen LogP contribution in [0.25, 0.3) is 0 Å². The monoisotopic (exact) mass is 249 g/mol. The summed E-state index contributed by atoms with van der Waals surface area (Å²) in [5, 5.41) is 13.6. The fraction of sp³-hybridized carbons (Fsp3) is 0.692. The number of nitrogens with one attached hydrogen (secondary N) is 1. The van der Waals surface area contributed by atoms with Gasteiger partial charge in [0.2, 0.25) is 0 Å². The lowest BCUT2D eigenvalue weighted by atomic mass is 9.84. The maximum Gasteiger partial charge on any atom is 0.127 e. The standard InChI is InChI=1S/C13H19N3S/c1-3-10-5-4-6-11(7-10)15-13-12(8-14)9(2)16-17-13/h10-11,15H,3-7H2,1-2H3. The largest absolute Gasteiger partial charge is 0.372 e. The van der Waals surface area contributed by atoms with Crippen LogP contribution in [-0.4, -0.2) is 10.4 Å². The summed E-state index contributed by atoms with van der Waals surface area (Å²) in [6.45, 7) is 4.17. The van der Waals surface area contributed by atoms with Crippen LogP contribution in [0.2, 0.25) is 0 Å².